The van der Waals surface area contributed by atoms with Gasteiger partial charge in [-0.25, -0.2) is 9.37 Å². The molecule has 1 aromatic heterocycles. The summed E-state index contributed by atoms with van der Waals surface area (Å²) in [6.07, 6.45) is 1.57. The number of hydrogen-bond acceptors (Lipinski definition) is 2. The summed E-state index contributed by atoms with van der Waals surface area (Å²) < 4.78 is 19.4. The molecule has 0 saturated carbocycles. The fourth-order valence-corrected chi connectivity index (χ4v) is 1.95. The minimum Gasteiger partial charge on any atom is -0.472 e. The predicted molar refractivity (Wildman–Crippen MR) is 67.7 cm³/mol. The standard InChI is InChI=1S/C12H8BrClFNO/c13-9-5-10(14)12(16-6-9)17-7-8-3-1-2-4-11(8)15/h1-6H,7H2. The second-order valence-corrected chi connectivity index (χ2v) is 4.64. The summed E-state index contributed by atoms with van der Waals surface area (Å²) in [5.41, 5.74) is 0.466. The Kier molecular flexibility index (Phi) is 3.97. The van der Waals surface area contributed by atoms with Crippen molar-refractivity contribution in [3.8, 4) is 5.88 Å². The molecule has 2 nitrogen and oxygen atoms in total. The molecule has 1 aromatic carbocycles. The molecule has 0 spiro atoms. The number of ether oxygens (including phenoxy) is 1. The Balaban J connectivity index is 2.10. The van der Waals surface area contributed by atoms with E-state index >= 15 is 0 Å². The minimum absolute atomic E-state index is 0.0982. The second-order valence-electron chi connectivity index (χ2n) is 3.32. The monoisotopic (exact) mass is 315 g/mol. The van der Waals surface area contributed by atoms with Crippen molar-refractivity contribution in [2.45, 2.75) is 6.61 Å². The topological polar surface area (TPSA) is 22.1 Å². The molecule has 0 unspecified atom stereocenters. The SMILES string of the molecule is Fc1ccccc1COc1ncc(Br)cc1Cl. The van der Waals surface area contributed by atoms with E-state index in [0.29, 0.717) is 10.6 Å². The molecule has 1 heterocycles. The Morgan fingerprint density at radius 1 is 1.35 bits per heavy atom. The van der Waals surface area contributed by atoms with Crippen LogP contribution in [-0.4, -0.2) is 4.98 Å². The lowest BCUT2D eigenvalue weighted by atomic mass is 10.2. The van der Waals surface area contributed by atoms with E-state index in [4.69, 9.17) is 16.3 Å². The van der Waals surface area contributed by atoms with Crippen molar-refractivity contribution in [1.82, 2.24) is 4.98 Å². The lowest BCUT2D eigenvalue weighted by molar-refractivity contribution is 0.288. The molecule has 0 radical (unpaired) electrons. The number of halogens is 3. The van der Waals surface area contributed by atoms with Gasteiger partial charge in [-0.3, -0.25) is 0 Å². The number of rotatable bonds is 3. The third-order valence-corrected chi connectivity index (χ3v) is 2.80. The van der Waals surface area contributed by atoms with Crippen LogP contribution >= 0.6 is 27.5 Å². The Bertz CT molecular complexity index is 536. The summed E-state index contributed by atoms with van der Waals surface area (Å²) in [7, 11) is 0. The fourth-order valence-electron chi connectivity index (χ4n) is 1.27. The summed E-state index contributed by atoms with van der Waals surface area (Å²) in [5.74, 6) is -0.0150. The molecule has 5 heteroatoms. The molecule has 0 atom stereocenters. The first-order valence-corrected chi connectivity index (χ1v) is 6.01. The summed E-state index contributed by atoms with van der Waals surface area (Å²) in [4.78, 5) is 4.00. The number of hydrogen-bond donors (Lipinski definition) is 0. The molecule has 88 valence electrons. The summed E-state index contributed by atoms with van der Waals surface area (Å²) in [5, 5.41) is 0.385. The van der Waals surface area contributed by atoms with Crippen molar-refractivity contribution in [2.24, 2.45) is 0 Å². The normalized spacial score (nSPS) is 10.3. The Hall–Kier alpha value is -1.13. The van der Waals surface area contributed by atoms with Gasteiger partial charge in [-0.15, -0.1) is 0 Å². The quantitative estimate of drug-likeness (QED) is 0.846. The molecule has 0 N–H and O–H groups in total. The van der Waals surface area contributed by atoms with Crippen molar-refractivity contribution in [2.75, 3.05) is 0 Å². The highest BCUT2D eigenvalue weighted by Gasteiger charge is 2.06. The van der Waals surface area contributed by atoms with E-state index in [1.165, 1.54) is 6.07 Å². The van der Waals surface area contributed by atoms with Crippen molar-refractivity contribution in [3.63, 3.8) is 0 Å². The van der Waals surface area contributed by atoms with Crippen LogP contribution in [0.1, 0.15) is 5.56 Å². The smallest absolute Gasteiger partial charge is 0.232 e. The molecule has 0 amide bonds. The van der Waals surface area contributed by atoms with Gasteiger partial charge in [0, 0.05) is 16.2 Å². The number of benzene rings is 1. The maximum atomic E-state index is 13.3. The second kappa shape index (κ2) is 5.47. The van der Waals surface area contributed by atoms with Crippen LogP contribution in [0.15, 0.2) is 41.0 Å². The maximum absolute atomic E-state index is 13.3. The molecule has 2 aromatic rings. The first-order chi connectivity index (χ1) is 8.16. The average Bonchev–Trinajstić information content (AvgIpc) is 2.30. The Labute approximate surface area is 112 Å². The van der Waals surface area contributed by atoms with Gasteiger partial charge < -0.3 is 4.74 Å². The largest absolute Gasteiger partial charge is 0.472 e. The van der Waals surface area contributed by atoms with Crippen molar-refractivity contribution in [3.05, 3.63) is 57.4 Å². The fraction of sp³-hybridized carbons (Fsp3) is 0.0833. The maximum Gasteiger partial charge on any atom is 0.232 e. The lowest BCUT2D eigenvalue weighted by Gasteiger charge is -2.07. The van der Waals surface area contributed by atoms with Gasteiger partial charge in [0.05, 0.1) is 0 Å². The van der Waals surface area contributed by atoms with Crippen LogP contribution in [0.5, 0.6) is 5.88 Å². The van der Waals surface area contributed by atoms with Crippen LogP contribution in [0.2, 0.25) is 5.02 Å². The highest BCUT2D eigenvalue weighted by Crippen LogP contribution is 2.25. The molecule has 2 rings (SSSR count). The minimum atomic E-state index is -0.305. The number of nitrogens with zero attached hydrogens (tertiary/aromatic N) is 1. The Morgan fingerprint density at radius 3 is 2.82 bits per heavy atom. The summed E-state index contributed by atoms with van der Waals surface area (Å²) in [6, 6.07) is 8.09. The summed E-state index contributed by atoms with van der Waals surface area (Å²) in [6.45, 7) is 0.0982. The van der Waals surface area contributed by atoms with E-state index in [9.17, 15) is 4.39 Å². The van der Waals surface area contributed by atoms with Crippen molar-refractivity contribution >= 4 is 27.5 Å². The van der Waals surface area contributed by atoms with E-state index in [2.05, 4.69) is 20.9 Å². The van der Waals surface area contributed by atoms with Gasteiger partial charge in [0.1, 0.15) is 17.4 Å². The van der Waals surface area contributed by atoms with Gasteiger partial charge in [0.25, 0.3) is 0 Å². The van der Waals surface area contributed by atoms with E-state index < -0.39 is 0 Å². The third-order valence-electron chi connectivity index (χ3n) is 2.10. The first kappa shape index (κ1) is 12.3. The summed E-state index contributed by atoms with van der Waals surface area (Å²) >= 11 is 9.17. The van der Waals surface area contributed by atoms with E-state index in [1.54, 1.807) is 30.5 Å². The van der Waals surface area contributed by atoms with Gasteiger partial charge in [-0.1, -0.05) is 29.8 Å². The zero-order valence-corrected chi connectivity index (χ0v) is 11.0. The van der Waals surface area contributed by atoms with Crippen molar-refractivity contribution < 1.29 is 9.13 Å². The molecule has 0 saturated heterocycles. The van der Waals surface area contributed by atoms with E-state index in [1.807, 2.05) is 0 Å². The van der Waals surface area contributed by atoms with Crippen molar-refractivity contribution in [1.29, 1.82) is 0 Å². The van der Waals surface area contributed by atoms with Crippen LogP contribution in [0.3, 0.4) is 0 Å². The zero-order valence-electron chi connectivity index (χ0n) is 8.66. The van der Waals surface area contributed by atoms with Gasteiger partial charge in [-0.05, 0) is 28.1 Å². The van der Waals surface area contributed by atoms with Gasteiger partial charge in [0.15, 0.2) is 0 Å². The van der Waals surface area contributed by atoms with Crippen LogP contribution < -0.4 is 4.74 Å². The molecule has 0 aliphatic rings. The van der Waals surface area contributed by atoms with Crippen LogP contribution in [-0.2, 0) is 6.61 Å². The van der Waals surface area contributed by atoms with Crippen LogP contribution in [0.4, 0.5) is 4.39 Å². The third kappa shape index (κ3) is 3.17. The molecule has 0 fully saturated rings. The average molecular weight is 317 g/mol. The molecular weight excluding hydrogens is 308 g/mol. The van der Waals surface area contributed by atoms with E-state index in [0.717, 1.165) is 4.47 Å². The number of pyridine rings is 1. The molecule has 0 aliphatic heterocycles. The van der Waals surface area contributed by atoms with Gasteiger partial charge in [0.2, 0.25) is 5.88 Å². The molecule has 0 aliphatic carbocycles. The molecular formula is C12H8BrClFNO. The van der Waals surface area contributed by atoms with E-state index in [-0.39, 0.29) is 18.3 Å². The number of aromatic nitrogens is 1. The highest BCUT2D eigenvalue weighted by molar-refractivity contribution is 9.10. The predicted octanol–water partition coefficient (Wildman–Crippen LogP) is 4.22. The Morgan fingerprint density at radius 2 is 2.12 bits per heavy atom. The van der Waals surface area contributed by atoms with Crippen LogP contribution in [0.25, 0.3) is 0 Å². The lowest BCUT2D eigenvalue weighted by Crippen LogP contribution is -2.00. The molecule has 0 bridgehead atoms. The zero-order chi connectivity index (χ0) is 12.3. The highest BCUT2D eigenvalue weighted by atomic mass is 79.9. The first-order valence-electron chi connectivity index (χ1n) is 4.84. The van der Waals surface area contributed by atoms with Gasteiger partial charge >= 0.3 is 0 Å². The van der Waals surface area contributed by atoms with Crippen LogP contribution in [0, 0.1) is 5.82 Å². The van der Waals surface area contributed by atoms with Gasteiger partial charge in [-0.2, -0.15) is 0 Å². The molecule has 17 heavy (non-hydrogen) atoms.